The van der Waals surface area contributed by atoms with Crippen molar-refractivity contribution in [3.63, 3.8) is 0 Å². The lowest BCUT2D eigenvalue weighted by Crippen LogP contribution is -2.46. The first-order chi connectivity index (χ1) is 24.3. The smallest absolute Gasteiger partial charge is 0.328 e. The van der Waals surface area contributed by atoms with E-state index in [1.54, 1.807) is 4.90 Å². The standard InChI is InChI=1S/C39H52FN3O7/c1-42-18-17-33(30(40)23-42)50-36-27-14-9-10-16-31(27)41-37-28(36)15-8-4-7-13-25-19-34(25)49-35(44)21-29(24-11-5-3-6-12-24)38(45)43-22-26(48-37)20-32(43)39(46)47-2/h9-10,14,16,24-26,29-30,32-34H,3-8,11-13,15,17-23H2,1-2H3/t25-,26-,29+,30-,32+,33+,34-/m1/s1. The number of alkyl halides is 1. The van der Waals surface area contributed by atoms with Gasteiger partial charge in [-0.25, -0.2) is 14.2 Å². The Kier molecular flexibility index (Phi) is 10.8. The van der Waals surface area contributed by atoms with E-state index >= 15 is 4.39 Å². The molecule has 4 fully saturated rings. The Labute approximate surface area is 294 Å². The number of piperidine rings is 1. The Balaban J connectivity index is 1.24. The predicted octanol–water partition coefficient (Wildman–Crippen LogP) is 5.81. The molecule has 0 unspecified atom stereocenters. The molecular weight excluding hydrogens is 641 g/mol. The predicted molar refractivity (Wildman–Crippen MR) is 185 cm³/mol. The molecule has 0 radical (unpaired) electrons. The molecule has 50 heavy (non-hydrogen) atoms. The van der Waals surface area contributed by atoms with Crippen molar-refractivity contribution in [3.05, 3.63) is 29.8 Å². The maximum Gasteiger partial charge on any atom is 0.328 e. The topological polar surface area (TPSA) is 108 Å². The fourth-order valence-corrected chi connectivity index (χ4v) is 8.77. The molecule has 7 rings (SSSR count). The number of halogens is 1. The Bertz CT molecular complexity index is 1550. The summed E-state index contributed by atoms with van der Waals surface area (Å²) in [7, 11) is 3.25. The van der Waals surface area contributed by atoms with Crippen LogP contribution in [0.15, 0.2) is 24.3 Å². The Morgan fingerprint density at radius 2 is 1.70 bits per heavy atom. The minimum absolute atomic E-state index is 0.0201. The number of pyridine rings is 1. The summed E-state index contributed by atoms with van der Waals surface area (Å²) in [4.78, 5) is 49.6. The molecule has 4 heterocycles. The molecule has 272 valence electrons. The number of methoxy groups -OCH3 is 1. The minimum atomic E-state index is -1.13. The number of benzene rings is 1. The van der Waals surface area contributed by atoms with E-state index in [0.29, 0.717) is 42.5 Å². The highest BCUT2D eigenvalue weighted by Crippen LogP contribution is 2.42. The van der Waals surface area contributed by atoms with Crippen molar-refractivity contribution < 1.29 is 37.7 Å². The van der Waals surface area contributed by atoms with Gasteiger partial charge in [0.05, 0.1) is 37.1 Å². The highest BCUT2D eigenvalue weighted by atomic mass is 19.1. The van der Waals surface area contributed by atoms with Crippen molar-refractivity contribution in [1.29, 1.82) is 0 Å². The zero-order valence-electron chi connectivity index (χ0n) is 29.5. The molecule has 0 N–H and O–H groups in total. The lowest BCUT2D eigenvalue weighted by atomic mass is 9.77. The number of fused-ring (bicyclic) bond motifs is 5. The summed E-state index contributed by atoms with van der Waals surface area (Å²) in [6.45, 7) is 1.22. The third-order valence-corrected chi connectivity index (χ3v) is 11.7. The first kappa shape index (κ1) is 35.0. The first-order valence-corrected chi connectivity index (χ1v) is 18.9. The molecule has 2 aromatic rings. The van der Waals surface area contributed by atoms with Crippen LogP contribution >= 0.6 is 0 Å². The fraction of sp³-hybridized carbons (Fsp3) is 0.692. The summed E-state index contributed by atoms with van der Waals surface area (Å²) in [6.07, 6.45) is 8.60. The van der Waals surface area contributed by atoms with E-state index in [4.69, 9.17) is 23.9 Å². The van der Waals surface area contributed by atoms with Crippen LogP contribution in [0.1, 0.15) is 89.0 Å². The van der Waals surface area contributed by atoms with E-state index in [9.17, 15) is 14.4 Å². The second-order valence-corrected chi connectivity index (χ2v) is 15.3. The van der Waals surface area contributed by atoms with Gasteiger partial charge in [0.25, 0.3) is 0 Å². The Morgan fingerprint density at radius 1 is 0.940 bits per heavy atom. The Hall–Kier alpha value is -3.47. The molecule has 1 amide bonds. The molecule has 0 spiro atoms. The van der Waals surface area contributed by atoms with Crippen LogP contribution in [0.2, 0.25) is 0 Å². The summed E-state index contributed by atoms with van der Waals surface area (Å²) < 4.78 is 39.9. The van der Waals surface area contributed by atoms with Crippen LogP contribution in [-0.2, 0) is 30.3 Å². The summed E-state index contributed by atoms with van der Waals surface area (Å²) in [5.41, 5.74) is 1.48. The van der Waals surface area contributed by atoms with Gasteiger partial charge in [0, 0.05) is 24.9 Å². The zero-order chi connectivity index (χ0) is 34.8. The molecular formula is C39H52FN3O7. The molecule has 2 saturated heterocycles. The van der Waals surface area contributed by atoms with Crippen molar-refractivity contribution in [2.45, 2.75) is 120 Å². The average molecular weight is 694 g/mol. The fourth-order valence-electron chi connectivity index (χ4n) is 8.77. The van der Waals surface area contributed by atoms with E-state index < -0.39 is 36.3 Å². The molecule has 2 bridgehead atoms. The lowest BCUT2D eigenvalue weighted by Gasteiger charge is -2.33. The van der Waals surface area contributed by atoms with Crippen molar-refractivity contribution >= 4 is 28.7 Å². The van der Waals surface area contributed by atoms with E-state index in [1.165, 1.54) is 7.11 Å². The number of ether oxygens (including phenoxy) is 4. The van der Waals surface area contributed by atoms with Crippen LogP contribution in [0, 0.1) is 17.8 Å². The molecule has 1 aromatic carbocycles. The quantitative estimate of drug-likeness (QED) is 0.367. The molecule has 2 aliphatic carbocycles. The summed E-state index contributed by atoms with van der Waals surface area (Å²) in [6, 6.07) is 6.87. The molecule has 7 atom stereocenters. The second-order valence-electron chi connectivity index (χ2n) is 15.3. The molecule has 5 aliphatic rings. The molecule has 2 saturated carbocycles. The number of esters is 2. The Morgan fingerprint density at radius 3 is 2.48 bits per heavy atom. The highest BCUT2D eigenvalue weighted by molar-refractivity contribution is 5.89. The van der Waals surface area contributed by atoms with Gasteiger partial charge in [-0.1, -0.05) is 44.2 Å². The number of likely N-dealkylation sites (tertiary alicyclic amines) is 1. The minimum Gasteiger partial charge on any atom is -0.486 e. The van der Waals surface area contributed by atoms with Gasteiger partial charge >= 0.3 is 11.9 Å². The molecule has 10 nitrogen and oxygen atoms in total. The number of para-hydroxylation sites is 1. The van der Waals surface area contributed by atoms with Crippen LogP contribution in [0.4, 0.5) is 4.39 Å². The summed E-state index contributed by atoms with van der Waals surface area (Å²) >= 11 is 0. The zero-order valence-corrected chi connectivity index (χ0v) is 29.5. The van der Waals surface area contributed by atoms with Crippen LogP contribution in [0.3, 0.4) is 0 Å². The van der Waals surface area contributed by atoms with Gasteiger partial charge in [0.15, 0.2) is 0 Å². The number of hydrogen-bond acceptors (Lipinski definition) is 9. The van der Waals surface area contributed by atoms with Crippen molar-refractivity contribution in [3.8, 4) is 11.6 Å². The maximum atomic E-state index is 15.4. The second kappa shape index (κ2) is 15.4. The number of hydrogen-bond donors (Lipinski definition) is 0. The monoisotopic (exact) mass is 693 g/mol. The number of nitrogens with zero attached hydrogens (tertiary/aromatic N) is 3. The normalized spacial score (nSPS) is 31.8. The summed E-state index contributed by atoms with van der Waals surface area (Å²) in [5.74, 6) is -0.196. The maximum absolute atomic E-state index is 15.4. The number of carbonyl (C=O) groups excluding carboxylic acids is 3. The van der Waals surface area contributed by atoms with E-state index in [2.05, 4.69) is 0 Å². The van der Waals surface area contributed by atoms with E-state index in [0.717, 1.165) is 81.7 Å². The van der Waals surface area contributed by atoms with E-state index in [1.807, 2.05) is 36.2 Å². The molecule has 3 aliphatic heterocycles. The van der Waals surface area contributed by atoms with Gasteiger partial charge in [-0.3, -0.25) is 9.59 Å². The largest absolute Gasteiger partial charge is 0.486 e. The van der Waals surface area contributed by atoms with Crippen molar-refractivity contribution in [1.82, 2.24) is 14.8 Å². The van der Waals surface area contributed by atoms with Crippen molar-refractivity contribution in [2.24, 2.45) is 17.8 Å². The van der Waals surface area contributed by atoms with Gasteiger partial charge in [-0.15, -0.1) is 0 Å². The third-order valence-electron chi connectivity index (χ3n) is 11.7. The van der Waals surface area contributed by atoms with Gasteiger partial charge in [0.2, 0.25) is 11.8 Å². The number of rotatable bonds is 4. The van der Waals surface area contributed by atoms with Crippen LogP contribution in [-0.4, -0.2) is 96.9 Å². The number of carbonyl (C=O) groups is 3. The van der Waals surface area contributed by atoms with E-state index in [-0.39, 0.29) is 43.3 Å². The van der Waals surface area contributed by atoms with Crippen molar-refractivity contribution in [2.75, 3.05) is 33.8 Å². The first-order valence-electron chi connectivity index (χ1n) is 18.9. The third kappa shape index (κ3) is 7.72. The lowest BCUT2D eigenvalue weighted by molar-refractivity contribution is -0.156. The van der Waals surface area contributed by atoms with Gasteiger partial charge < -0.3 is 28.7 Å². The number of aromatic nitrogens is 1. The van der Waals surface area contributed by atoms with Gasteiger partial charge in [-0.05, 0) is 76.0 Å². The van der Waals surface area contributed by atoms with Gasteiger partial charge in [0.1, 0.15) is 36.3 Å². The van der Waals surface area contributed by atoms with Crippen LogP contribution in [0.25, 0.3) is 10.9 Å². The van der Waals surface area contributed by atoms with Gasteiger partial charge in [-0.2, -0.15) is 0 Å². The summed E-state index contributed by atoms with van der Waals surface area (Å²) in [5, 5.41) is 0.816. The molecule has 1 aromatic heterocycles. The van der Waals surface area contributed by atoms with Crippen LogP contribution < -0.4 is 9.47 Å². The molecule has 11 heteroatoms. The average Bonchev–Trinajstić information content (AvgIpc) is 3.71. The SMILES string of the molecule is COC(=O)[C@@H]1C[C@@H]2CN1C(=O)[C@H](C1CCCCC1)CC(=O)O[C@@H]1C[C@H]1CCCCCc1c(nc3ccccc3c1O[C@H]1CCN(C)C[C@H]1F)O2. The van der Waals surface area contributed by atoms with Crippen LogP contribution in [0.5, 0.6) is 11.6 Å². The number of amides is 1. The highest BCUT2D eigenvalue weighted by Gasteiger charge is 2.47.